The molecule has 10 heteroatoms. The first-order chi connectivity index (χ1) is 4.54. The smallest absolute Gasteiger partial charge is 0.781 e. The molecule has 0 aromatic carbocycles. The quantitative estimate of drug-likeness (QED) is 0.384. The average Bonchev–Trinajstić information content (AvgIpc) is 1.62. The van der Waals surface area contributed by atoms with Crippen molar-refractivity contribution in [1.82, 2.24) is 0 Å². The van der Waals surface area contributed by atoms with Crippen molar-refractivity contribution >= 4 is 28.1 Å². The van der Waals surface area contributed by atoms with E-state index in [2.05, 4.69) is 15.9 Å². The van der Waals surface area contributed by atoms with Crippen molar-refractivity contribution in [2.75, 3.05) is 6.07 Å². The molecule has 6 nitrogen and oxygen atoms in total. The molecule has 0 aliphatic heterocycles. The van der Waals surface area contributed by atoms with Gasteiger partial charge in [0.25, 0.3) is 0 Å². The third-order valence-electron chi connectivity index (χ3n) is 0.167. The van der Waals surface area contributed by atoms with Crippen molar-refractivity contribution in [2.45, 2.75) is 0 Å². The fraction of sp³-hybridized carbons (Fsp3) is 1.00. The van der Waals surface area contributed by atoms with Crippen LogP contribution in [-0.2, 0) is 33.9 Å². The Balaban J connectivity index is -0.000000140. The van der Waals surface area contributed by atoms with Crippen molar-refractivity contribution in [3.05, 3.63) is 0 Å². The molecule has 0 aliphatic rings. The minimum atomic E-state index is -3.51. The van der Waals surface area contributed by atoms with Crippen LogP contribution in [0.3, 0.4) is 0 Å². The Hall–Kier alpha value is 1.25. The number of hydrogen-bond acceptors (Lipinski definition) is 6. The van der Waals surface area contributed by atoms with Gasteiger partial charge < -0.3 is 24.0 Å². The minimum Gasteiger partial charge on any atom is -0.781 e. The third kappa shape index (κ3) is 34.9. The fourth-order valence-corrected chi connectivity index (χ4v) is 0.612. The minimum absolute atomic E-state index is 0. The van der Waals surface area contributed by atoms with E-state index in [0.717, 1.165) is 0 Å². The Kier molecular flexibility index (Phi) is 22.8. The molecule has 2 unspecified atom stereocenters. The van der Waals surface area contributed by atoms with E-state index in [-0.39, 0.29) is 26.5 Å². The van der Waals surface area contributed by atoms with Gasteiger partial charge in [-0.15, -0.1) is 0 Å². The first kappa shape index (κ1) is 18.1. The van der Waals surface area contributed by atoms with Crippen LogP contribution >= 0.6 is 28.1 Å². The van der Waals surface area contributed by atoms with Gasteiger partial charge in [0.05, 0.1) is 0 Å². The van der Waals surface area contributed by atoms with Crippen molar-refractivity contribution in [3.63, 3.8) is 0 Å². The second kappa shape index (κ2) is 13.8. The van der Waals surface area contributed by atoms with Crippen LogP contribution in [0, 0.1) is 0 Å². The Morgan fingerprint density at radius 1 is 1.36 bits per heavy atom. The predicted octanol–water partition coefficient (Wildman–Crippen LogP) is -1.32. The Morgan fingerprint density at radius 2 is 1.55 bits per heavy atom. The van der Waals surface area contributed by atoms with Crippen molar-refractivity contribution in [1.29, 1.82) is 0 Å². The summed E-state index contributed by atoms with van der Waals surface area (Å²) in [4.78, 5) is 18.6. The Labute approximate surface area is 83.1 Å². The van der Waals surface area contributed by atoms with Gasteiger partial charge in [-0.05, 0) is 0 Å². The number of aliphatic hydroxyl groups excluding tert-OH is 1. The van der Waals surface area contributed by atoms with E-state index >= 15 is 0 Å². The number of hydrogen-bond donors (Lipinski definition) is 1. The summed E-state index contributed by atoms with van der Waals surface area (Å²) in [5.74, 6) is 0. The molecule has 0 spiro atoms. The molecular weight excluding hydrogens is 312 g/mol. The van der Waals surface area contributed by atoms with Gasteiger partial charge >= 0.3 is 20.4 Å². The van der Waals surface area contributed by atoms with Crippen LogP contribution in [0.15, 0.2) is 0 Å². The van der Waals surface area contributed by atoms with Gasteiger partial charge in [-0.2, -0.15) is 0 Å². The van der Waals surface area contributed by atoms with Crippen LogP contribution in [0.4, 0.5) is 0 Å². The van der Waals surface area contributed by atoms with E-state index in [0.29, 0.717) is 0 Å². The largest absolute Gasteiger partial charge is 2.00 e. The molecule has 0 amide bonds. The molecule has 0 fully saturated rings. The maximum atomic E-state index is 9.29. The van der Waals surface area contributed by atoms with Gasteiger partial charge in [-0.3, -0.25) is 4.31 Å². The molecule has 0 saturated heterocycles. The predicted molar refractivity (Wildman–Crippen MR) is 32.0 cm³/mol. The summed E-state index contributed by atoms with van der Waals surface area (Å²) in [6.07, 6.45) is 0. The van der Waals surface area contributed by atoms with Gasteiger partial charge in [-0.25, -0.2) is 0 Å². The van der Waals surface area contributed by atoms with Crippen LogP contribution in [0.25, 0.3) is 0 Å². The van der Waals surface area contributed by atoms with Gasteiger partial charge in [0, 0.05) is 0 Å². The van der Waals surface area contributed by atoms with Gasteiger partial charge in [0.2, 0.25) is 0 Å². The Bertz CT molecular complexity index is 107. The van der Waals surface area contributed by atoms with Crippen LogP contribution < -0.4 is 9.79 Å². The van der Waals surface area contributed by atoms with E-state index < -0.39 is 16.5 Å². The van der Waals surface area contributed by atoms with Gasteiger partial charge in [0.15, 0.2) is 0 Å². The second-order valence-electron chi connectivity index (χ2n) is 0.722. The molecule has 0 aromatic rings. The van der Waals surface area contributed by atoms with E-state index in [9.17, 15) is 18.9 Å². The molecule has 0 bridgehead atoms. The second-order valence-corrected chi connectivity index (χ2v) is 2.78. The average molecular weight is 317 g/mol. The molecule has 72 valence electrons. The van der Waals surface area contributed by atoms with Crippen molar-refractivity contribution < 1.29 is 48.8 Å². The summed E-state index contributed by atoms with van der Waals surface area (Å²) in [5, 5.41) is 7.33. The van der Waals surface area contributed by atoms with E-state index in [1.165, 1.54) is 0 Å². The number of halogens is 1. The summed E-state index contributed by atoms with van der Waals surface area (Å²) in [5.41, 5.74) is 0. The zero-order chi connectivity index (χ0) is 8.57. The maximum Gasteiger partial charge on any atom is 2.00 e. The molecule has 0 radical (unpaired) electrons. The zero-order valence-electron chi connectivity index (χ0n) is 4.89. The van der Waals surface area contributed by atoms with E-state index in [1.807, 2.05) is 0 Å². The number of rotatable bonds is 2. The van der Waals surface area contributed by atoms with Crippen molar-refractivity contribution in [2.24, 2.45) is 0 Å². The normalized spacial score (nSPS) is 13.5. The fourth-order valence-electron chi connectivity index (χ4n) is 0.0680. The summed E-state index contributed by atoms with van der Waals surface area (Å²) in [6.45, 7) is 0. The molecule has 11 heavy (non-hydrogen) atoms. The molecule has 2 atom stereocenters. The number of aliphatic hydroxyl groups is 1. The zero-order valence-corrected chi connectivity index (χ0v) is 9.20. The van der Waals surface area contributed by atoms with Gasteiger partial charge in [0.1, 0.15) is 22.6 Å². The van der Waals surface area contributed by atoms with Crippen LogP contribution in [-0.4, -0.2) is 11.2 Å². The maximum absolute atomic E-state index is 9.29. The molecule has 0 aliphatic carbocycles. The van der Waals surface area contributed by atoms with E-state index in [4.69, 9.17) is 5.11 Å². The molecular formula is CH5ClO6P2Pd. The summed E-state index contributed by atoms with van der Waals surface area (Å²) >= 11 is 4.55. The first-order valence-electron chi connectivity index (χ1n) is 1.81. The van der Waals surface area contributed by atoms with Crippen molar-refractivity contribution in [3.8, 4) is 0 Å². The first-order valence-corrected chi connectivity index (χ1v) is 4.79. The van der Waals surface area contributed by atoms with Crippen LogP contribution in [0.2, 0.25) is 0 Å². The van der Waals surface area contributed by atoms with E-state index in [1.54, 1.807) is 0 Å². The molecule has 0 heterocycles. The SMILES string of the molecule is O=[PH]([O-])O[PH](=O)[O-].OCCl.[Pd+2]. The summed E-state index contributed by atoms with van der Waals surface area (Å²) < 4.78 is 21.8. The van der Waals surface area contributed by atoms with Gasteiger partial charge in [-0.1, -0.05) is 11.6 Å². The molecule has 0 aromatic heterocycles. The Morgan fingerprint density at radius 3 is 1.55 bits per heavy atom. The molecule has 0 rings (SSSR count). The molecule has 1 N–H and O–H groups in total. The summed E-state index contributed by atoms with van der Waals surface area (Å²) in [6, 6.07) is -0.278. The van der Waals surface area contributed by atoms with Crippen LogP contribution in [0.1, 0.15) is 0 Å². The summed E-state index contributed by atoms with van der Waals surface area (Å²) in [7, 11) is -7.03. The number of alkyl halides is 1. The third-order valence-corrected chi connectivity index (χ3v) is 1.50. The van der Waals surface area contributed by atoms with Crippen LogP contribution in [0.5, 0.6) is 0 Å². The molecule has 0 saturated carbocycles. The monoisotopic (exact) mass is 316 g/mol. The topological polar surface area (TPSA) is 110 Å². The standard InChI is InChI=1S/CH3ClO.H4O5P2.Pd/c2-1-3;1-6(2)5-7(3)4;/h3H,1H2;6-7H,(H,1,2)(H,3,4);/q;;+2/p-2.